The number of carbonyl (C=O) groups is 2. The third-order valence-electron chi connectivity index (χ3n) is 4.73. The van der Waals surface area contributed by atoms with Crippen LogP contribution in [-0.2, 0) is 19.7 Å². The number of methoxy groups -OCH3 is 1. The number of anilines is 1. The van der Waals surface area contributed by atoms with Gasteiger partial charge < -0.3 is 14.2 Å². The molecule has 1 N–H and O–H groups in total. The molecule has 1 aromatic heterocycles. The van der Waals surface area contributed by atoms with Gasteiger partial charge in [0.25, 0.3) is 0 Å². The number of rotatable bonds is 6. The molecule has 0 radical (unpaired) electrons. The number of halogens is 5. The van der Waals surface area contributed by atoms with E-state index < -0.39 is 29.6 Å². The molecule has 1 aromatic carbocycles. The van der Waals surface area contributed by atoms with E-state index in [1.807, 2.05) is 6.07 Å². The molecule has 0 spiro atoms. The van der Waals surface area contributed by atoms with Crippen LogP contribution < -0.4 is 10.1 Å². The van der Waals surface area contributed by atoms with Gasteiger partial charge in [0, 0.05) is 12.1 Å². The minimum atomic E-state index is -4.99. The monoisotopic (exact) mass is 506 g/mol. The molecule has 1 saturated carbocycles. The highest BCUT2D eigenvalue weighted by Crippen LogP contribution is 2.53. The van der Waals surface area contributed by atoms with E-state index in [0.29, 0.717) is 12.8 Å². The minimum absolute atomic E-state index is 0.00749. The molecule has 0 atom stereocenters. The molecule has 0 aliphatic heterocycles. The van der Waals surface area contributed by atoms with Crippen LogP contribution in [0.15, 0.2) is 12.1 Å². The van der Waals surface area contributed by atoms with Crippen molar-refractivity contribution in [3.05, 3.63) is 33.4 Å². The summed E-state index contributed by atoms with van der Waals surface area (Å²) in [5.41, 5.74) is -1.62. The number of ether oxygens (including phenoxy) is 3. The average molecular weight is 507 g/mol. The van der Waals surface area contributed by atoms with Crippen molar-refractivity contribution in [2.75, 3.05) is 19.0 Å². The van der Waals surface area contributed by atoms with Gasteiger partial charge >= 0.3 is 18.4 Å². The highest BCUT2D eigenvalue weighted by atomic mass is 35.5. The first-order valence-corrected chi connectivity index (χ1v) is 10.0. The van der Waals surface area contributed by atoms with Crippen LogP contribution in [0.25, 0.3) is 5.69 Å². The molecule has 0 unspecified atom stereocenters. The van der Waals surface area contributed by atoms with Gasteiger partial charge in [0.15, 0.2) is 5.69 Å². The van der Waals surface area contributed by atoms with Gasteiger partial charge in [-0.05, 0) is 19.8 Å². The Morgan fingerprint density at radius 2 is 1.91 bits per heavy atom. The summed E-state index contributed by atoms with van der Waals surface area (Å²) < 4.78 is 52.3. The number of nitrogens with zero attached hydrogens (tertiary/aromatic N) is 3. The highest BCUT2D eigenvalue weighted by molar-refractivity contribution is 6.38. The lowest BCUT2D eigenvalue weighted by Gasteiger charge is -2.17. The minimum Gasteiger partial charge on any atom is -0.468 e. The van der Waals surface area contributed by atoms with Crippen LogP contribution in [0.3, 0.4) is 0 Å². The molecule has 1 aliphatic rings. The first-order valence-electron chi connectivity index (χ1n) is 9.28. The summed E-state index contributed by atoms with van der Waals surface area (Å²) in [6, 6.07) is 3.52. The lowest BCUT2D eigenvalue weighted by atomic mass is 9.95. The van der Waals surface area contributed by atoms with E-state index in [-0.39, 0.29) is 39.4 Å². The number of hydrogen-bond donors (Lipinski definition) is 1. The van der Waals surface area contributed by atoms with Crippen molar-refractivity contribution < 1.29 is 37.0 Å². The van der Waals surface area contributed by atoms with Crippen LogP contribution in [-0.4, -0.2) is 41.9 Å². The number of amides is 1. The molecule has 0 bridgehead atoms. The van der Waals surface area contributed by atoms with E-state index in [2.05, 4.69) is 15.2 Å². The number of nitriles is 1. The van der Waals surface area contributed by atoms with Crippen molar-refractivity contribution in [1.29, 1.82) is 5.26 Å². The number of aromatic nitrogens is 2. The summed E-state index contributed by atoms with van der Waals surface area (Å²) in [5, 5.41) is 15.5. The van der Waals surface area contributed by atoms with Crippen molar-refractivity contribution >= 4 is 41.1 Å². The van der Waals surface area contributed by atoms with E-state index in [0.717, 1.165) is 16.8 Å². The molecule has 9 nitrogen and oxygen atoms in total. The maximum absolute atomic E-state index is 12.6. The van der Waals surface area contributed by atoms with Crippen LogP contribution in [0.2, 0.25) is 10.0 Å². The SMILES string of the molecule is CCOC(=O)Nc1c(C2(C(=O)OC)CC2)c(C#N)nn1-c1c(Cl)cc(OC(F)(F)F)cc1Cl. The van der Waals surface area contributed by atoms with Crippen molar-refractivity contribution in [1.82, 2.24) is 9.78 Å². The van der Waals surface area contributed by atoms with Gasteiger partial charge in [-0.1, -0.05) is 23.2 Å². The maximum Gasteiger partial charge on any atom is 0.573 e. The lowest BCUT2D eigenvalue weighted by molar-refractivity contribution is -0.274. The molecule has 3 rings (SSSR count). The molecule has 1 aliphatic carbocycles. The van der Waals surface area contributed by atoms with Crippen molar-refractivity contribution in [2.24, 2.45) is 0 Å². The Hall–Kier alpha value is -3.17. The molecule has 0 saturated heterocycles. The fourth-order valence-electron chi connectivity index (χ4n) is 3.30. The Balaban J connectivity index is 2.24. The number of alkyl halides is 3. The summed E-state index contributed by atoms with van der Waals surface area (Å²) >= 11 is 12.4. The number of esters is 1. The first kappa shape index (κ1) is 24.5. The highest BCUT2D eigenvalue weighted by Gasteiger charge is 2.57. The van der Waals surface area contributed by atoms with Crippen molar-refractivity contribution in [3.63, 3.8) is 0 Å². The van der Waals surface area contributed by atoms with Gasteiger partial charge in [-0.3, -0.25) is 10.1 Å². The summed E-state index contributed by atoms with van der Waals surface area (Å²) in [7, 11) is 1.17. The maximum atomic E-state index is 12.6. The summed E-state index contributed by atoms with van der Waals surface area (Å²) in [6.45, 7) is 1.57. The number of carbonyl (C=O) groups excluding carboxylic acids is 2. The van der Waals surface area contributed by atoms with Gasteiger partial charge in [-0.15, -0.1) is 13.2 Å². The molecule has 1 fully saturated rings. The topological polar surface area (TPSA) is 115 Å². The zero-order valence-corrected chi connectivity index (χ0v) is 18.6. The zero-order valence-electron chi connectivity index (χ0n) is 17.0. The fourth-order valence-corrected chi connectivity index (χ4v) is 3.93. The van der Waals surface area contributed by atoms with E-state index in [4.69, 9.17) is 32.7 Å². The van der Waals surface area contributed by atoms with E-state index in [1.165, 1.54) is 7.11 Å². The van der Waals surface area contributed by atoms with E-state index in [9.17, 15) is 28.0 Å². The Kier molecular flexibility index (Phi) is 6.67. The van der Waals surface area contributed by atoms with Gasteiger partial charge in [0.05, 0.1) is 34.7 Å². The summed E-state index contributed by atoms with van der Waals surface area (Å²) in [6.07, 6.45) is -5.32. The standard InChI is InChI=1S/C19H15Cl2F3N4O5/c1-3-32-17(30)26-15-13(18(4-5-18)16(29)31-2)12(8-25)27-28(15)14-10(20)6-9(7-11(14)21)33-19(22,23)24/h6-7H,3-5H2,1-2H3,(H,26,30). The van der Waals surface area contributed by atoms with Gasteiger partial charge in [-0.25, -0.2) is 9.48 Å². The zero-order chi connectivity index (χ0) is 24.6. The number of nitrogens with one attached hydrogen (secondary N) is 1. The van der Waals surface area contributed by atoms with Gasteiger partial charge in [-0.2, -0.15) is 10.4 Å². The second kappa shape index (κ2) is 8.99. The van der Waals surface area contributed by atoms with Gasteiger partial charge in [0.2, 0.25) is 0 Å². The van der Waals surface area contributed by atoms with Crippen LogP contribution >= 0.6 is 23.2 Å². The normalized spacial score (nSPS) is 14.2. The number of hydrogen-bond acceptors (Lipinski definition) is 7. The molecular formula is C19H15Cl2F3N4O5. The van der Waals surface area contributed by atoms with Gasteiger partial charge in [0.1, 0.15) is 23.3 Å². The second-order valence-corrected chi connectivity index (χ2v) is 7.61. The number of benzene rings is 1. The summed E-state index contributed by atoms with van der Waals surface area (Å²) in [5.74, 6) is -1.51. The average Bonchev–Trinajstić information content (AvgIpc) is 3.43. The molecule has 14 heteroatoms. The molecule has 1 heterocycles. The van der Waals surface area contributed by atoms with Crippen LogP contribution in [0.5, 0.6) is 5.75 Å². The van der Waals surface area contributed by atoms with E-state index in [1.54, 1.807) is 6.92 Å². The van der Waals surface area contributed by atoms with Crippen molar-refractivity contribution in [2.45, 2.75) is 31.5 Å². The van der Waals surface area contributed by atoms with Crippen LogP contribution in [0.1, 0.15) is 31.0 Å². The predicted molar refractivity (Wildman–Crippen MR) is 109 cm³/mol. The Morgan fingerprint density at radius 1 is 1.30 bits per heavy atom. The predicted octanol–water partition coefficient (Wildman–Crippen LogP) is 4.72. The molecule has 1 amide bonds. The van der Waals surface area contributed by atoms with Crippen LogP contribution in [0.4, 0.5) is 23.8 Å². The fraction of sp³-hybridized carbons (Fsp3) is 0.368. The second-order valence-electron chi connectivity index (χ2n) is 6.80. The smallest absolute Gasteiger partial charge is 0.468 e. The Bertz CT molecular complexity index is 1130. The van der Waals surface area contributed by atoms with Crippen molar-refractivity contribution in [3.8, 4) is 17.5 Å². The summed E-state index contributed by atoms with van der Waals surface area (Å²) in [4.78, 5) is 24.7. The molecule has 2 aromatic rings. The molecule has 33 heavy (non-hydrogen) atoms. The third-order valence-corrected chi connectivity index (χ3v) is 5.30. The Labute approximate surface area is 194 Å². The quantitative estimate of drug-likeness (QED) is 0.563. The van der Waals surface area contributed by atoms with Crippen LogP contribution in [0, 0.1) is 11.3 Å². The molecular weight excluding hydrogens is 492 g/mol. The largest absolute Gasteiger partial charge is 0.573 e. The lowest BCUT2D eigenvalue weighted by Crippen LogP contribution is -2.25. The Morgan fingerprint density at radius 3 is 2.36 bits per heavy atom. The molecule has 176 valence electrons. The third kappa shape index (κ3) is 4.79. The first-order chi connectivity index (χ1) is 15.5. The van der Waals surface area contributed by atoms with E-state index >= 15 is 0 Å².